The highest BCUT2D eigenvalue weighted by molar-refractivity contribution is 7.19. The molecule has 3 heterocycles. The molecule has 0 radical (unpaired) electrons. The standard InChI is InChI=1S/C23H23N3O7S/c1-12-16(18-24-9-10-33-18)17-19(28)26(23(2,3)21(29)30)22(31)25(20(17)34-12)11-14(27)13-7-5-6-8-15(13)32-4/h5-10,14,27H,11H2,1-4H3,(H,29,30)/t14-/m0/s1. The molecule has 0 aliphatic heterocycles. The Labute approximate surface area is 197 Å². The summed E-state index contributed by atoms with van der Waals surface area (Å²) in [5.74, 6) is -0.746. The summed E-state index contributed by atoms with van der Waals surface area (Å²) in [6.07, 6.45) is 1.61. The van der Waals surface area contributed by atoms with Crippen LogP contribution in [0.25, 0.3) is 21.7 Å². The van der Waals surface area contributed by atoms with Crippen LogP contribution in [0.1, 0.15) is 30.4 Å². The molecule has 0 bridgehead atoms. The second kappa shape index (κ2) is 8.58. The average Bonchev–Trinajstić information content (AvgIpc) is 3.43. The molecule has 0 unspecified atom stereocenters. The Balaban J connectivity index is 2.05. The van der Waals surface area contributed by atoms with Crippen LogP contribution in [0.4, 0.5) is 0 Å². The van der Waals surface area contributed by atoms with E-state index in [1.54, 1.807) is 31.2 Å². The fourth-order valence-corrected chi connectivity index (χ4v) is 5.03. The summed E-state index contributed by atoms with van der Waals surface area (Å²) in [5, 5.41) is 20.9. The molecule has 34 heavy (non-hydrogen) atoms. The van der Waals surface area contributed by atoms with E-state index in [0.29, 0.717) is 26.3 Å². The van der Waals surface area contributed by atoms with Crippen molar-refractivity contribution in [3.8, 4) is 17.2 Å². The Hall–Kier alpha value is -3.70. The number of aliphatic carboxylic acids is 1. The van der Waals surface area contributed by atoms with Crippen LogP contribution >= 0.6 is 11.3 Å². The highest BCUT2D eigenvalue weighted by Gasteiger charge is 2.36. The number of ether oxygens (including phenoxy) is 1. The predicted molar refractivity (Wildman–Crippen MR) is 125 cm³/mol. The number of carbonyl (C=O) groups is 1. The molecule has 0 saturated heterocycles. The minimum atomic E-state index is -1.86. The van der Waals surface area contributed by atoms with E-state index >= 15 is 0 Å². The number of para-hydroxylation sites is 1. The Morgan fingerprint density at radius 3 is 2.62 bits per heavy atom. The Morgan fingerprint density at radius 2 is 2.00 bits per heavy atom. The number of methoxy groups -OCH3 is 1. The van der Waals surface area contributed by atoms with Gasteiger partial charge >= 0.3 is 11.7 Å². The van der Waals surface area contributed by atoms with Crippen LogP contribution in [0.3, 0.4) is 0 Å². The topological polar surface area (TPSA) is 137 Å². The first kappa shape index (κ1) is 23.5. The van der Waals surface area contributed by atoms with Gasteiger partial charge in [0.15, 0.2) is 0 Å². The highest BCUT2D eigenvalue weighted by Crippen LogP contribution is 2.36. The van der Waals surface area contributed by atoms with Gasteiger partial charge < -0.3 is 19.4 Å². The molecule has 10 nitrogen and oxygen atoms in total. The molecule has 0 amide bonds. The fourth-order valence-electron chi connectivity index (χ4n) is 3.89. The van der Waals surface area contributed by atoms with E-state index in [1.807, 2.05) is 0 Å². The number of aliphatic hydroxyl groups excluding tert-OH is 1. The monoisotopic (exact) mass is 485 g/mol. The van der Waals surface area contributed by atoms with Crippen LogP contribution in [0.15, 0.2) is 50.7 Å². The maximum absolute atomic E-state index is 13.6. The van der Waals surface area contributed by atoms with Crippen molar-refractivity contribution in [2.24, 2.45) is 0 Å². The summed E-state index contributed by atoms with van der Waals surface area (Å²) < 4.78 is 12.7. The molecule has 3 aromatic heterocycles. The number of aromatic nitrogens is 3. The first-order chi connectivity index (χ1) is 16.1. The maximum atomic E-state index is 13.6. The number of carboxylic acid groups (broad SMARTS) is 1. The molecule has 1 aromatic carbocycles. The second-order valence-electron chi connectivity index (χ2n) is 8.21. The number of thiophene rings is 1. The number of fused-ring (bicyclic) bond motifs is 1. The molecular formula is C23H23N3O7S. The third-order valence-electron chi connectivity index (χ3n) is 5.73. The van der Waals surface area contributed by atoms with Gasteiger partial charge in [-0.25, -0.2) is 19.1 Å². The summed E-state index contributed by atoms with van der Waals surface area (Å²) in [5.41, 5.74) is -2.65. The SMILES string of the molecule is COc1ccccc1[C@@H](O)Cn1c(=O)n(C(C)(C)C(=O)O)c(=O)c2c(-c3ncco3)c(C)sc21. The van der Waals surface area contributed by atoms with Gasteiger partial charge in [0, 0.05) is 10.4 Å². The first-order valence-corrected chi connectivity index (χ1v) is 11.1. The van der Waals surface area contributed by atoms with Crippen molar-refractivity contribution in [1.82, 2.24) is 14.1 Å². The summed E-state index contributed by atoms with van der Waals surface area (Å²) >= 11 is 1.17. The molecule has 11 heteroatoms. The molecule has 0 aliphatic rings. The van der Waals surface area contributed by atoms with Crippen LogP contribution in [0, 0.1) is 6.92 Å². The molecule has 0 spiro atoms. The van der Waals surface area contributed by atoms with Crippen molar-refractivity contribution in [3.05, 3.63) is 68.0 Å². The number of benzene rings is 1. The zero-order valence-corrected chi connectivity index (χ0v) is 19.8. The van der Waals surface area contributed by atoms with Crippen molar-refractivity contribution in [1.29, 1.82) is 0 Å². The number of aryl methyl sites for hydroxylation is 1. The van der Waals surface area contributed by atoms with Gasteiger partial charge in [-0.1, -0.05) is 18.2 Å². The molecule has 4 rings (SSSR count). The van der Waals surface area contributed by atoms with E-state index in [0.717, 1.165) is 0 Å². The summed E-state index contributed by atoms with van der Waals surface area (Å²) in [6, 6.07) is 6.83. The second-order valence-corrected chi connectivity index (χ2v) is 9.41. The van der Waals surface area contributed by atoms with Crippen LogP contribution < -0.4 is 16.0 Å². The Kier molecular flexibility index (Phi) is 5.92. The van der Waals surface area contributed by atoms with Gasteiger partial charge in [0.25, 0.3) is 5.56 Å². The molecule has 0 aliphatic carbocycles. The van der Waals surface area contributed by atoms with Gasteiger partial charge in [-0.15, -0.1) is 11.3 Å². The zero-order chi connectivity index (χ0) is 24.8. The van der Waals surface area contributed by atoms with Crippen LogP contribution in [-0.2, 0) is 16.9 Å². The van der Waals surface area contributed by atoms with E-state index < -0.39 is 28.9 Å². The lowest BCUT2D eigenvalue weighted by atomic mass is 10.0. The Morgan fingerprint density at radius 1 is 1.29 bits per heavy atom. The van der Waals surface area contributed by atoms with Crippen molar-refractivity contribution in [2.45, 2.75) is 39.0 Å². The number of aliphatic hydroxyl groups is 1. The molecule has 178 valence electrons. The van der Waals surface area contributed by atoms with E-state index in [9.17, 15) is 24.6 Å². The van der Waals surface area contributed by atoms with Crippen molar-refractivity contribution in [3.63, 3.8) is 0 Å². The molecular weight excluding hydrogens is 462 g/mol. The molecule has 2 N–H and O–H groups in total. The molecule has 0 saturated carbocycles. The lowest BCUT2D eigenvalue weighted by Gasteiger charge is -2.24. The van der Waals surface area contributed by atoms with Gasteiger partial charge in [0.1, 0.15) is 28.5 Å². The van der Waals surface area contributed by atoms with Crippen molar-refractivity contribution < 1.29 is 24.2 Å². The molecule has 4 aromatic rings. The third kappa shape index (κ3) is 3.62. The van der Waals surface area contributed by atoms with Gasteiger partial charge in [-0.05, 0) is 26.8 Å². The lowest BCUT2D eigenvalue weighted by molar-refractivity contribution is -0.146. The third-order valence-corrected chi connectivity index (χ3v) is 6.86. The first-order valence-electron chi connectivity index (χ1n) is 10.3. The summed E-state index contributed by atoms with van der Waals surface area (Å²) in [7, 11) is 1.47. The number of carboxylic acids is 1. The van der Waals surface area contributed by atoms with Crippen LogP contribution in [0.5, 0.6) is 5.75 Å². The van der Waals surface area contributed by atoms with E-state index in [-0.39, 0.29) is 22.7 Å². The number of oxazole rings is 1. The highest BCUT2D eigenvalue weighted by atomic mass is 32.1. The quantitative estimate of drug-likeness (QED) is 0.408. The summed E-state index contributed by atoms with van der Waals surface area (Å²) in [4.78, 5) is 44.2. The number of nitrogens with zero attached hydrogens (tertiary/aromatic N) is 3. The number of rotatable bonds is 7. The fraction of sp³-hybridized carbons (Fsp3) is 0.304. The molecule has 0 fully saturated rings. The summed E-state index contributed by atoms with van der Waals surface area (Å²) in [6.45, 7) is 4.06. The van der Waals surface area contributed by atoms with E-state index in [2.05, 4.69) is 4.98 Å². The van der Waals surface area contributed by atoms with Gasteiger partial charge in [0.2, 0.25) is 5.89 Å². The zero-order valence-electron chi connectivity index (χ0n) is 18.9. The van der Waals surface area contributed by atoms with Gasteiger partial charge in [-0.2, -0.15) is 0 Å². The van der Waals surface area contributed by atoms with Crippen LogP contribution in [-0.4, -0.2) is 37.4 Å². The average molecular weight is 486 g/mol. The van der Waals surface area contributed by atoms with Crippen LogP contribution in [0.2, 0.25) is 0 Å². The minimum absolute atomic E-state index is 0.103. The van der Waals surface area contributed by atoms with Gasteiger partial charge in [0.05, 0.1) is 30.8 Å². The van der Waals surface area contributed by atoms with Crippen molar-refractivity contribution >= 4 is 27.5 Å². The lowest BCUT2D eigenvalue weighted by Crippen LogP contribution is -2.52. The number of hydrogen-bond acceptors (Lipinski definition) is 8. The maximum Gasteiger partial charge on any atom is 0.333 e. The number of hydrogen-bond donors (Lipinski definition) is 2. The minimum Gasteiger partial charge on any atom is -0.496 e. The van der Waals surface area contributed by atoms with Crippen molar-refractivity contribution in [2.75, 3.05) is 7.11 Å². The predicted octanol–water partition coefficient (Wildman–Crippen LogP) is 2.75. The van der Waals surface area contributed by atoms with E-state index in [1.165, 1.54) is 49.3 Å². The van der Waals surface area contributed by atoms with E-state index in [4.69, 9.17) is 9.15 Å². The molecule has 1 atom stereocenters. The normalized spacial score (nSPS) is 12.7. The Bertz CT molecular complexity index is 1500. The smallest absolute Gasteiger partial charge is 0.333 e. The van der Waals surface area contributed by atoms with Gasteiger partial charge in [-0.3, -0.25) is 9.36 Å². The largest absolute Gasteiger partial charge is 0.496 e.